The van der Waals surface area contributed by atoms with Gasteiger partial charge in [-0.05, 0) is 18.6 Å². The number of carbonyl (C=O) groups is 1. The molecular weight excluding hydrogens is 278 g/mol. The number of hydrogen-bond donors (Lipinski definition) is 0. The predicted octanol–water partition coefficient (Wildman–Crippen LogP) is 2.90. The number of aliphatic imine (C=N–C) groups is 3. The maximum atomic E-state index is 11.6. The van der Waals surface area contributed by atoms with Crippen LogP contribution in [0, 0.1) is 0 Å². The molecule has 2 rings (SSSR count). The number of allylic oxidation sites excluding steroid dienone is 1. The Morgan fingerprint density at radius 1 is 1.05 bits per heavy atom. The molecule has 0 bridgehead atoms. The van der Waals surface area contributed by atoms with E-state index < -0.39 is 5.91 Å². The quantitative estimate of drug-likeness (QED) is 0.738. The second-order valence-electron chi connectivity index (χ2n) is 4.39. The highest BCUT2D eigenvalue weighted by atomic mass is 16.5. The van der Waals surface area contributed by atoms with Gasteiger partial charge in [0.05, 0.1) is 25.1 Å². The Morgan fingerprint density at radius 2 is 1.95 bits per heavy atom. The van der Waals surface area contributed by atoms with Crippen LogP contribution in [0.25, 0.3) is 0 Å². The number of fused-ring (bicyclic) bond motifs is 1. The zero-order valence-electron chi connectivity index (χ0n) is 12.1. The van der Waals surface area contributed by atoms with Crippen LogP contribution in [0.15, 0.2) is 63.7 Å². The van der Waals surface area contributed by atoms with Gasteiger partial charge in [0.25, 0.3) is 5.91 Å². The van der Waals surface area contributed by atoms with Gasteiger partial charge in [-0.3, -0.25) is 14.8 Å². The first kappa shape index (κ1) is 15.7. The van der Waals surface area contributed by atoms with E-state index in [4.69, 9.17) is 4.74 Å². The third kappa shape index (κ3) is 5.76. The van der Waals surface area contributed by atoms with E-state index in [1.54, 1.807) is 12.4 Å². The molecule has 0 saturated heterocycles. The minimum Gasteiger partial charge on any atom is -0.377 e. The van der Waals surface area contributed by atoms with Gasteiger partial charge in [-0.15, -0.1) is 0 Å². The minimum absolute atomic E-state index is 0.413. The molecule has 22 heavy (non-hydrogen) atoms. The molecule has 1 amide bonds. The number of para-hydroxylation sites is 1. The highest BCUT2D eigenvalue weighted by Gasteiger charge is 1.97. The van der Waals surface area contributed by atoms with Crippen molar-refractivity contribution in [3.63, 3.8) is 0 Å². The van der Waals surface area contributed by atoms with Crippen LogP contribution in [-0.4, -0.2) is 37.8 Å². The second kappa shape index (κ2) is 9.31. The lowest BCUT2D eigenvalue weighted by molar-refractivity contribution is -0.111. The number of hydrogen-bond acceptors (Lipinski definition) is 4. The average Bonchev–Trinajstić information content (AvgIpc) is 2.54. The molecule has 1 aliphatic rings. The summed E-state index contributed by atoms with van der Waals surface area (Å²) in [5, 5.41) is 0. The highest BCUT2D eigenvalue weighted by Crippen LogP contribution is 2.16. The summed E-state index contributed by atoms with van der Waals surface area (Å²) in [5.41, 5.74) is 1.51. The van der Waals surface area contributed by atoms with Crippen molar-refractivity contribution >= 4 is 30.2 Å². The van der Waals surface area contributed by atoms with Gasteiger partial charge in [0.15, 0.2) is 0 Å². The first-order chi connectivity index (χ1) is 10.9. The number of rotatable bonds is 0. The Kier molecular flexibility index (Phi) is 6.65. The van der Waals surface area contributed by atoms with Crippen molar-refractivity contribution in [3.8, 4) is 0 Å². The molecule has 0 atom stereocenters. The Bertz CT molecular complexity index is 643. The van der Waals surface area contributed by atoms with Gasteiger partial charge >= 0.3 is 0 Å². The Hall–Kier alpha value is -2.66. The number of benzene rings is 1. The first-order valence-corrected chi connectivity index (χ1v) is 6.98. The number of nitrogens with zero attached hydrogens (tertiary/aromatic N) is 3. The normalized spacial score (nSPS) is 16.5. The molecular formula is C17H17N3O2. The third-order valence-electron chi connectivity index (χ3n) is 2.72. The van der Waals surface area contributed by atoms with E-state index in [0.717, 1.165) is 17.7 Å². The van der Waals surface area contributed by atoms with Gasteiger partial charge < -0.3 is 4.74 Å². The fraction of sp³-hybridized carbons (Fsp3) is 0.176. The summed E-state index contributed by atoms with van der Waals surface area (Å²) in [6.07, 6.45) is 12.2. The van der Waals surface area contributed by atoms with Crippen LogP contribution in [0.5, 0.6) is 0 Å². The molecule has 0 aliphatic carbocycles. The molecule has 0 spiro atoms. The third-order valence-corrected chi connectivity index (χ3v) is 2.72. The maximum absolute atomic E-state index is 11.6. The topological polar surface area (TPSA) is 63.4 Å². The van der Waals surface area contributed by atoms with Crippen molar-refractivity contribution in [1.82, 2.24) is 0 Å². The smallest absolute Gasteiger partial charge is 0.288 e. The van der Waals surface area contributed by atoms with E-state index in [1.165, 1.54) is 12.4 Å². The standard InChI is InChI=1S/C17H17N3O2/c21-17-14-18-9-3-5-11-22-12-6-4-10-19-16-8-2-1-7-15(16)13-20-17/h1-4,6-10,13-14H,5,11-12H2. The number of carbonyl (C=O) groups excluding carboxylic acids is 1. The molecule has 5 nitrogen and oxygen atoms in total. The van der Waals surface area contributed by atoms with Crippen LogP contribution in [0.3, 0.4) is 0 Å². The van der Waals surface area contributed by atoms with Crippen molar-refractivity contribution < 1.29 is 9.53 Å². The van der Waals surface area contributed by atoms with Crippen LogP contribution in [0.4, 0.5) is 5.69 Å². The van der Waals surface area contributed by atoms with Crippen LogP contribution in [0.2, 0.25) is 0 Å². The SMILES string of the molecule is O=C1C=NC=CCCOCC=CC=Nc2ccccc2C=N1. The zero-order valence-corrected chi connectivity index (χ0v) is 12.1. The van der Waals surface area contributed by atoms with Crippen LogP contribution >= 0.6 is 0 Å². The molecule has 0 saturated carbocycles. The summed E-state index contributed by atoms with van der Waals surface area (Å²) >= 11 is 0. The fourth-order valence-electron chi connectivity index (χ4n) is 1.67. The minimum atomic E-state index is -0.413. The molecule has 0 N–H and O–H groups in total. The maximum Gasteiger partial charge on any atom is 0.288 e. The summed E-state index contributed by atoms with van der Waals surface area (Å²) in [6.45, 7) is 1.13. The molecule has 0 radical (unpaired) electrons. The molecule has 1 aromatic rings. The van der Waals surface area contributed by atoms with Crippen molar-refractivity contribution in [2.24, 2.45) is 15.0 Å². The van der Waals surface area contributed by atoms with Crippen LogP contribution in [0.1, 0.15) is 12.0 Å². The summed E-state index contributed by atoms with van der Waals surface area (Å²) < 4.78 is 5.41. The van der Waals surface area contributed by atoms with Gasteiger partial charge in [0, 0.05) is 24.2 Å². The van der Waals surface area contributed by atoms with Gasteiger partial charge in [0.1, 0.15) is 0 Å². The fourth-order valence-corrected chi connectivity index (χ4v) is 1.67. The number of ether oxygens (including phenoxy) is 1. The van der Waals surface area contributed by atoms with Gasteiger partial charge in [-0.25, -0.2) is 4.99 Å². The van der Waals surface area contributed by atoms with Crippen LogP contribution in [-0.2, 0) is 9.53 Å². The Balaban J connectivity index is 2.20. The van der Waals surface area contributed by atoms with Crippen molar-refractivity contribution in [1.29, 1.82) is 0 Å². The lowest BCUT2D eigenvalue weighted by Crippen LogP contribution is -1.95. The largest absolute Gasteiger partial charge is 0.377 e. The van der Waals surface area contributed by atoms with E-state index in [2.05, 4.69) is 15.0 Å². The monoisotopic (exact) mass is 295 g/mol. The van der Waals surface area contributed by atoms with Gasteiger partial charge in [-0.2, -0.15) is 0 Å². The molecule has 0 fully saturated rings. The molecule has 0 aromatic heterocycles. The summed E-state index contributed by atoms with van der Waals surface area (Å²) in [6, 6.07) is 7.46. The first-order valence-electron chi connectivity index (χ1n) is 6.98. The average molecular weight is 295 g/mol. The molecule has 1 aliphatic heterocycles. The predicted molar refractivity (Wildman–Crippen MR) is 89.4 cm³/mol. The van der Waals surface area contributed by atoms with Gasteiger partial charge in [-0.1, -0.05) is 30.4 Å². The molecule has 0 unspecified atom stereocenters. The Morgan fingerprint density at radius 3 is 2.91 bits per heavy atom. The van der Waals surface area contributed by atoms with Crippen molar-refractivity contribution in [2.45, 2.75) is 6.42 Å². The van der Waals surface area contributed by atoms with Crippen molar-refractivity contribution in [3.05, 3.63) is 54.3 Å². The van der Waals surface area contributed by atoms with E-state index >= 15 is 0 Å². The lowest BCUT2D eigenvalue weighted by atomic mass is 10.2. The molecule has 1 heterocycles. The van der Waals surface area contributed by atoms with Crippen molar-refractivity contribution in [2.75, 3.05) is 13.2 Å². The number of amides is 1. The summed E-state index contributed by atoms with van der Waals surface area (Å²) in [5.74, 6) is -0.413. The highest BCUT2D eigenvalue weighted by molar-refractivity contribution is 6.28. The van der Waals surface area contributed by atoms with E-state index in [1.807, 2.05) is 42.5 Å². The summed E-state index contributed by atoms with van der Waals surface area (Å²) in [4.78, 5) is 23.7. The second-order valence-corrected chi connectivity index (χ2v) is 4.39. The summed E-state index contributed by atoms with van der Waals surface area (Å²) in [7, 11) is 0. The van der Waals surface area contributed by atoms with E-state index in [9.17, 15) is 4.79 Å². The Labute approximate surface area is 129 Å². The van der Waals surface area contributed by atoms with E-state index in [-0.39, 0.29) is 0 Å². The molecule has 112 valence electrons. The zero-order chi connectivity index (χ0) is 15.5. The van der Waals surface area contributed by atoms with E-state index in [0.29, 0.717) is 13.2 Å². The van der Waals surface area contributed by atoms with Gasteiger partial charge in [0.2, 0.25) is 0 Å². The molecule has 5 heteroatoms. The lowest BCUT2D eigenvalue weighted by Gasteiger charge is -1.98. The van der Waals surface area contributed by atoms with Crippen LogP contribution < -0.4 is 0 Å². The molecule has 1 aromatic carbocycles.